The van der Waals surface area contributed by atoms with Crippen molar-refractivity contribution in [1.82, 2.24) is 19.7 Å². The zero-order valence-corrected chi connectivity index (χ0v) is 16.2. The summed E-state index contributed by atoms with van der Waals surface area (Å²) < 4.78 is 3.19. The van der Waals surface area contributed by atoms with Gasteiger partial charge in [-0.3, -0.25) is 9.59 Å². The van der Waals surface area contributed by atoms with Crippen molar-refractivity contribution in [2.45, 2.75) is 19.9 Å². The van der Waals surface area contributed by atoms with Crippen molar-refractivity contribution in [3.05, 3.63) is 94.5 Å². The van der Waals surface area contributed by atoms with Crippen LogP contribution in [-0.4, -0.2) is 26.8 Å². The highest BCUT2D eigenvalue weighted by Crippen LogP contribution is 2.22. The fraction of sp³-hybridized carbons (Fsp3) is 0.174. The third-order valence-electron chi connectivity index (χ3n) is 4.88. The maximum atomic E-state index is 12.9. The molecular weight excluding hydrogens is 364 g/mol. The van der Waals surface area contributed by atoms with Gasteiger partial charge in [0.2, 0.25) is 0 Å². The second-order valence-electron chi connectivity index (χ2n) is 6.81. The molecule has 0 unspecified atom stereocenters. The van der Waals surface area contributed by atoms with Crippen LogP contribution in [-0.2, 0) is 13.0 Å². The summed E-state index contributed by atoms with van der Waals surface area (Å²) in [5.41, 5.74) is 2.86. The molecule has 1 N–H and O–H groups in total. The predicted octanol–water partition coefficient (Wildman–Crippen LogP) is 3.13. The van der Waals surface area contributed by atoms with Crippen molar-refractivity contribution in [3.8, 4) is 16.9 Å². The molecule has 29 heavy (non-hydrogen) atoms. The summed E-state index contributed by atoms with van der Waals surface area (Å²) in [6.07, 6.45) is 4.24. The molecule has 0 atom stereocenters. The molecule has 0 saturated heterocycles. The molecule has 6 heteroatoms. The van der Waals surface area contributed by atoms with Crippen molar-refractivity contribution in [1.29, 1.82) is 0 Å². The first-order valence-electron chi connectivity index (χ1n) is 9.67. The van der Waals surface area contributed by atoms with Crippen LogP contribution in [0.15, 0.2) is 77.9 Å². The van der Waals surface area contributed by atoms with Crippen LogP contribution < -0.4 is 10.9 Å². The fourth-order valence-electron chi connectivity index (χ4n) is 3.31. The van der Waals surface area contributed by atoms with E-state index in [1.54, 1.807) is 12.4 Å². The van der Waals surface area contributed by atoms with Crippen molar-refractivity contribution in [3.63, 3.8) is 0 Å². The Morgan fingerprint density at radius 2 is 1.69 bits per heavy atom. The summed E-state index contributed by atoms with van der Waals surface area (Å²) in [6.45, 7) is 3.13. The number of pyridine rings is 1. The summed E-state index contributed by atoms with van der Waals surface area (Å²) in [6, 6.07) is 19.2. The first-order chi connectivity index (χ1) is 14.2. The standard InChI is InChI=1S/C23H22N4O2/c1-2-26-15-19(22(28)24-14-13-17-9-5-3-6-10-17)21-20(16-26)23(29)27(25-21)18-11-7-4-8-12-18/h3-12,15-16H,2,13-14H2,1H3,(H,24,28). The SMILES string of the molecule is CCn1cc(C(=O)NCCc2ccccc2)c2nn(-c3ccccc3)c(=O)c-2c1. The Bertz CT molecular complexity index is 1150. The number of nitrogens with zero attached hydrogens (tertiary/aromatic N) is 3. The van der Waals surface area contributed by atoms with Crippen LogP contribution in [0.4, 0.5) is 0 Å². The third kappa shape index (κ3) is 3.82. The van der Waals surface area contributed by atoms with E-state index in [1.165, 1.54) is 4.68 Å². The number of hydrogen-bond acceptors (Lipinski definition) is 3. The van der Waals surface area contributed by atoms with E-state index < -0.39 is 0 Å². The largest absolute Gasteiger partial charge is 0.353 e. The van der Waals surface area contributed by atoms with Crippen LogP contribution in [0.2, 0.25) is 0 Å². The third-order valence-corrected chi connectivity index (χ3v) is 4.88. The minimum absolute atomic E-state index is 0.229. The molecule has 0 saturated carbocycles. The number of carbonyl (C=O) groups excluding carboxylic acids is 1. The average Bonchev–Trinajstić information content (AvgIpc) is 3.11. The van der Waals surface area contributed by atoms with Gasteiger partial charge < -0.3 is 9.88 Å². The van der Waals surface area contributed by atoms with Crippen LogP contribution >= 0.6 is 0 Å². The number of rotatable bonds is 6. The highest BCUT2D eigenvalue weighted by atomic mass is 16.2. The lowest BCUT2D eigenvalue weighted by molar-refractivity contribution is 0.0953. The molecular formula is C23H22N4O2. The topological polar surface area (TPSA) is 68.9 Å². The smallest absolute Gasteiger partial charge is 0.282 e. The number of benzene rings is 2. The van der Waals surface area contributed by atoms with E-state index in [1.807, 2.05) is 72.2 Å². The number of aryl methyl sites for hydroxylation is 1. The summed E-state index contributed by atoms with van der Waals surface area (Å²) in [4.78, 5) is 25.8. The number of fused-ring (bicyclic) bond motifs is 1. The zero-order valence-electron chi connectivity index (χ0n) is 16.2. The Morgan fingerprint density at radius 3 is 2.38 bits per heavy atom. The number of aromatic nitrogens is 3. The molecule has 2 aromatic carbocycles. The van der Waals surface area contributed by atoms with Gasteiger partial charge in [-0.05, 0) is 31.0 Å². The van der Waals surface area contributed by atoms with Crippen LogP contribution in [0.1, 0.15) is 22.8 Å². The predicted molar refractivity (Wildman–Crippen MR) is 113 cm³/mol. The van der Waals surface area contributed by atoms with Gasteiger partial charge in [0.05, 0.1) is 16.8 Å². The molecule has 4 rings (SSSR count). The zero-order chi connectivity index (χ0) is 20.2. The molecule has 146 valence electrons. The summed E-state index contributed by atoms with van der Waals surface area (Å²) in [5.74, 6) is -0.230. The van der Waals surface area contributed by atoms with E-state index in [-0.39, 0.29) is 11.5 Å². The van der Waals surface area contributed by atoms with Gasteiger partial charge in [0.15, 0.2) is 0 Å². The van der Waals surface area contributed by atoms with Crippen molar-refractivity contribution in [2.75, 3.05) is 6.54 Å². The van der Waals surface area contributed by atoms with Crippen LogP contribution in [0.25, 0.3) is 16.9 Å². The molecule has 0 bridgehead atoms. The monoisotopic (exact) mass is 386 g/mol. The average molecular weight is 386 g/mol. The van der Waals surface area contributed by atoms with Gasteiger partial charge in [0.1, 0.15) is 5.69 Å². The number of para-hydroxylation sites is 1. The number of nitrogens with one attached hydrogen (secondary N) is 1. The van der Waals surface area contributed by atoms with Crippen molar-refractivity contribution in [2.24, 2.45) is 0 Å². The summed E-state index contributed by atoms with van der Waals surface area (Å²) in [7, 11) is 0. The van der Waals surface area contributed by atoms with Gasteiger partial charge in [-0.1, -0.05) is 48.5 Å². The van der Waals surface area contributed by atoms with Gasteiger partial charge in [-0.25, -0.2) is 0 Å². The lowest BCUT2D eigenvalue weighted by atomic mass is 10.1. The molecule has 0 aromatic heterocycles. The lowest BCUT2D eigenvalue weighted by Gasteiger charge is -2.11. The fourth-order valence-corrected chi connectivity index (χ4v) is 3.31. The molecule has 0 spiro atoms. The van der Waals surface area contributed by atoms with Crippen molar-refractivity contribution >= 4 is 5.91 Å². The summed E-state index contributed by atoms with van der Waals surface area (Å²) in [5, 5.41) is 7.43. The summed E-state index contributed by atoms with van der Waals surface area (Å²) >= 11 is 0. The normalized spacial score (nSPS) is 10.9. The second-order valence-corrected chi connectivity index (χ2v) is 6.81. The molecule has 0 radical (unpaired) electrons. The molecule has 0 fully saturated rings. The van der Waals surface area contributed by atoms with Crippen molar-refractivity contribution < 1.29 is 4.79 Å². The molecule has 2 aromatic rings. The van der Waals surface area contributed by atoms with E-state index in [0.29, 0.717) is 35.6 Å². The molecule has 0 aliphatic carbocycles. The minimum atomic E-state index is -0.230. The Balaban J connectivity index is 1.66. The Labute approximate surface area is 168 Å². The van der Waals surface area contributed by atoms with Gasteiger partial charge in [-0.2, -0.15) is 9.78 Å². The molecule has 2 aliphatic heterocycles. The molecule has 2 heterocycles. The number of carbonyl (C=O) groups is 1. The van der Waals surface area contributed by atoms with E-state index in [0.717, 1.165) is 12.0 Å². The first kappa shape index (κ1) is 18.7. The highest BCUT2D eigenvalue weighted by molar-refractivity contribution is 5.99. The van der Waals surface area contributed by atoms with Gasteiger partial charge >= 0.3 is 0 Å². The van der Waals surface area contributed by atoms with Gasteiger partial charge in [-0.15, -0.1) is 0 Å². The number of hydrogen-bond donors (Lipinski definition) is 1. The minimum Gasteiger partial charge on any atom is -0.353 e. The van der Waals surface area contributed by atoms with Crippen LogP contribution in [0, 0.1) is 0 Å². The van der Waals surface area contributed by atoms with Crippen LogP contribution in [0.5, 0.6) is 0 Å². The van der Waals surface area contributed by atoms with E-state index >= 15 is 0 Å². The molecule has 1 amide bonds. The van der Waals surface area contributed by atoms with E-state index in [9.17, 15) is 9.59 Å². The maximum absolute atomic E-state index is 12.9. The van der Waals surface area contributed by atoms with Gasteiger partial charge in [0, 0.05) is 25.5 Å². The van der Waals surface area contributed by atoms with E-state index in [4.69, 9.17) is 0 Å². The Morgan fingerprint density at radius 1 is 1.00 bits per heavy atom. The first-order valence-corrected chi connectivity index (χ1v) is 9.67. The highest BCUT2D eigenvalue weighted by Gasteiger charge is 2.24. The van der Waals surface area contributed by atoms with Crippen LogP contribution in [0.3, 0.4) is 0 Å². The van der Waals surface area contributed by atoms with E-state index in [2.05, 4.69) is 10.4 Å². The Hall–Kier alpha value is -3.67. The maximum Gasteiger partial charge on any atom is 0.282 e. The second kappa shape index (κ2) is 8.14. The number of amides is 1. The molecule has 6 nitrogen and oxygen atoms in total. The quantitative estimate of drug-likeness (QED) is 0.554. The lowest BCUT2D eigenvalue weighted by Crippen LogP contribution is -2.27. The Kier molecular flexibility index (Phi) is 5.24. The molecule has 2 aliphatic rings. The van der Waals surface area contributed by atoms with Gasteiger partial charge in [0.25, 0.3) is 11.5 Å².